The van der Waals surface area contributed by atoms with Gasteiger partial charge >= 0.3 is 0 Å². The van der Waals surface area contributed by atoms with E-state index >= 15 is 0 Å². The van der Waals surface area contributed by atoms with E-state index in [1.54, 1.807) is 6.92 Å². The van der Waals surface area contributed by atoms with Crippen LogP contribution in [0, 0.1) is 0 Å². The van der Waals surface area contributed by atoms with Crippen LogP contribution in [0.4, 0.5) is 5.13 Å². The highest BCUT2D eigenvalue weighted by molar-refractivity contribution is 7.15. The standard InChI is InChI=1S/C12H17N3O3S/c1-7(13-10(16)6-18-2)11(17)15-12-14-8-4-3-5-9(8)19-12/h7H,3-6H2,1-2H3,(H,13,16)(H,14,15,17). The molecule has 1 aliphatic carbocycles. The average Bonchev–Trinajstić information content (AvgIpc) is 2.89. The fourth-order valence-electron chi connectivity index (χ4n) is 1.94. The molecule has 1 aromatic rings. The fraction of sp³-hybridized carbons (Fsp3) is 0.583. The van der Waals surface area contributed by atoms with Crippen LogP contribution in [0.3, 0.4) is 0 Å². The molecule has 0 saturated heterocycles. The predicted octanol–water partition coefficient (Wildman–Crippen LogP) is 0.721. The molecule has 0 saturated carbocycles. The first-order valence-electron chi connectivity index (χ1n) is 6.18. The van der Waals surface area contributed by atoms with Crippen LogP contribution in [0.5, 0.6) is 0 Å². The van der Waals surface area contributed by atoms with Crippen molar-refractivity contribution in [2.45, 2.75) is 32.2 Å². The lowest BCUT2D eigenvalue weighted by atomic mass is 10.3. The number of fused-ring (bicyclic) bond motifs is 1. The summed E-state index contributed by atoms with van der Waals surface area (Å²) in [7, 11) is 1.43. The molecule has 0 bridgehead atoms. The number of amides is 2. The first-order valence-corrected chi connectivity index (χ1v) is 6.99. The van der Waals surface area contributed by atoms with E-state index in [4.69, 9.17) is 0 Å². The Kier molecular flexibility index (Phi) is 4.49. The molecule has 1 atom stereocenters. The molecular weight excluding hydrogens is 266 g/mol. The Bertz CT molecular complexity index is 465. The molecule has 0 aliphatic heterocycles. The van der Waals surface area contributed by atoms with Crippen molar-refractivity contribution in [1.29, 1.82) is 0 Å². The third-order valence-electron chi connectivity index (χ3n) is 2.87. The van der Waals surface area contributed by atoms with Crippen molar-refractivity contribution >= 4 is 28.3 Å². The van der Waals surface area contributed by atoms with Gasteiger partial charge < -0.3 is 15.4 Å². The van der Waals surface area contributed by atoms with Crippen molar-refractivity contribution in [3.8, 4) is 0 Å². The van der Waals surface area contributed by atoms with E-state index in [0.717, 1.165) is 25.0 Å². The van der Waals surface area contributed by atoms with Crippen LogP contribution < -0.4 is 10.6 Å². The van der Waals surface area contributed by atoms with E-state index in [-0.39, 0.29) is 18.4 Å². The summed E-state index contributed by atoms with van der Waals surface area (Å²) in [5.41, 5.74) is 1.09. The molecule has 7 heteroatoms. The molecular formula is C12H17N3O3S. The van der Waals surface area contributed by atoms with E-state index in [2.05, 4.69) is 20.4 Å². The van der Waals surface area contributed by atoms with Crippen LogP contribution in [0.25, 0.3) is 0 Å². The third kappa shape index (κ3) is 3.51. The maximum Gasteiger partial charge on any atom is 0.248 e. The Balaban J connectivity index is 1.87. The maximum atomic E-state index is 11.9. The number of hydrogen-bond acceptors (Lipinski definition) is 5. The maximum absolute atomic E-state index is 11.9. The lowest BCUT2D eigenvalue weighted by Gasteiger charge is -2.12. The number of carbonyl (C=O) groups is 2. The smallest absolute Gasteiger partial charge is 0.248 e. The van der Waals surface area contributed by atoms with Crippen LogP contribution in [-0.2, 0) is 27.2 Å². The Labute approximate surface area is 115 Å². The zero-order valence-corrected chi connectivity index (χ0v) is 11.8. The molecule has 0 radical (unpaired) electrons. The summed E-state index contributed by atoms with van der Waals surface area (Å²) in [6, 6.07) is -0.610. The van der Waals surface area contributed by atoms with Crippen molar-refractivity contribution in [1.82, 2.24) is 10.3 Å². The normalized spacial score (nSPS) is 14.8. The van der Waals surface area contributed by atoms with Gasteiger partial charge in [0.05, 0.1) is 5.69 Å². The van der Waals surface area contributed by atoms with Gasteiger partial charge in [-0.25, -0.2) is 4.98 Å². The molecule has 2 amide bonds. The lowest BCUT2D eigenvalue weighted by molar-refractivity contribution is -0.128. The first kappa shape index (κ1) is 14.0. The fourth-order valence-corrected chi connectivity index (χ4v) is 2.99. The van der Waals surface area contributed by atoms with Gasteiger partial charge in [-0.2, -0.15) is 0 Å². The van der Waals surface area contributed by atoms with Gasteiger partial charge in [0, 0.05) is 12.0 Å². The Morgan fingerprint density at radius 2 is 2.26 bits per heavy atom. The minimum atomic E-state index is -0.610. The highest BCUT2D eigenvalue weighted by Crippen LogP contribution is 2.30. The molecule has 1 aliphatic rings. The van der Waals surface area contributed by atoms with Crippen molar-refractivity contribution in [3.05, 3.63) is 10.6 Å². The van der Waals surface area contributed by atoms with Crippen molar-refractivity contribution in [3.63, 3.8) is 0 Å². The molecule has 0 fully saturated rings. The second kappa shape index (κ2) is 6.12. The number of rotatable bonds is 5. The Morgan fingerprint density at radius 3 is 2.95 bits per heavy atom. The molecule has 2 N–H and O–H groups in total. The molecule has 2 rings (SSSR count). The Hall–Kier alpha value is -1.47. The summed E-state index contributed by atoms with van der Waals surface area (Å²) in [4.78, 5) is 28.8. The van der Waals surface area contributed by atoms with Crippen LogP contribution in [0.1, 0.15) is 23.9 Å². The summed E-state index contributed by atoms with van der Waals surface area (Å²) >= 11 is 1.52. The summed E-state index contributed by atoms with van der Waals surface area (Å²) in [5, 5.41) is 5.90. The molecule has 1 unspecified atom stereocenters. The van der Waals surface area contributed by atoms with Crippen LogP contribution >= 0.6 is 11.3 Å². The van der Waals surface area contributed by atoms with E-state index in [1.165, 1.54) is 23.3 Å². The second-order valence-corrected chi connectivity index (χ2v) is 5.54. The van der Waals surface area contributed by atoms with Crippen LogP contribution in [0.15, 0.2) is 0 Å². The number of methoxy groups -OCH3 is 1. The number of nitrogens with zero attached hydrogens (tertiary/aromatic N) is 1. The van der Waals surface area contributed by atoms with Gasteiger partial charge in [-0.05, 0) is 26.2 Å². The van der Waals surface area contributed by atoms with E-state index in [0.29, 0.717) is 5.13 Å². The molecule has 19 heavy (non-hydrogen) atoms. The van der Waals surface area contributed by atoms with Gasteiger partial charge in [0.15, 0.2) is 5.13 Å². The summed E-state index contributed by atoms with van der Waals surface area (Å²) in [6.45, 7) is 1.58. The number of aryl methyl sites for hydroxylation is 2. The highest BCUT2D eigenvalue weighted by atomic mass is 32.1. The van der Waals surface area contributed by atoms with Gasteiger partial charge in [0.25, 0.3) is 0 Å². The molecule has 104 valence electrons. The zero-order chi connectivity index (χ0) is 13.8. The van der Waals surface area contributed by atoms with Gasteiger partial charge in [0.1, 0.15) is 12.6 Å². The number of nitrogens with one attached hydrogen (secondary N) is 2. The molecule has 6 nitrogen and oxygen atoms in total. The van der Waals surface area contributed by atoms with E-state index in [1.807, 2.05) is 0 Å². The van der Waals surface area contributed by atoms with Gasteiger partial charge in [-0.15, -0.1) is 11.3 Å². The lowest BCUT2D eigenvalue weighted by Crippen LogP contribution is -2.43. The van der Waals surface area contributed by atoms with Gasteiger partial charge in [-0.3, -0.25) is 9.59 Å². The number of aromatic nitrogens is 1. The zero-order valence-electron chi connectivity index (χ0n) is 11.0. The number of hydrogen-bond donors (Lipinski definition) is 2. The first-order chi connectivity index (χ1) is 9.10. The van der Waals surface area contributed by atoms with Gasteiger partial charge in [-0.1, -0.05) is 0 Å². The van der Waals surface area contributed by atoms with Gasteiger partial charge in [0.2, 0.25) is 11.8 Å². The van der Waals surface area contributed by atoms with Crippen LogP contribution in [-0.4, -0.2) is 36.6 Å². The topological polar surface area (TPSA) is 80.3 Å². The SMILES string of the molecule is COCC(=O)NC(C)C(=O)Nc1nc2c(s1)CCC2. The molecule has 0 spiro atoms. The van der Waals surface area contributed by atoms with Crippen molar-refractivity contribution < 1.29 is 14.3 Å². The highest BCUT2D eigenvalue weighted by Gasteiger charge is 2.20. The van der Waals surface area contributed by atoms with Crippen LogP contribution in [0.2, 0.25) is 0 Å². The number of anilines is 1. The number of carbonyl (C=O) groups excluding carboxylic acids is 2. The minimum absolute atomic E-state index is 0.0524. The predicted molar refractivity (Wildman–Crippen MR) is 72.2 cm³/mol. The number of ether oxygens (including phenoxy) is 1. The van der Waals surface area contributed by atoms with E-state index < -0.39 is 6.04 Å². The summed E-state index contributed by atoms with van der Waals surface area (Å²) in [6.07, 6.45) is 3.18. The second-order valence-electron chi connectivity index (χ2n) is 4.45. The quantitative estimate of drug-likeness (QED) is 0.834. The van der Waals surface area contributed by atoms with Crippen molar-refractivity contribution in [2.24, 2.45) is 0 Å². The average molecular weight is 283 g/mol. The monoisotopic (exact) mass is 283 g/mol. The molecule has 0 aromatic carbocycles. The Morgan fingerprint density at radius 1 is 1.47 bits per heavy atom. The van der Waals surface area contributed by atoms with Crippen molar-refractivity contribution in [2.75, 3.05) is 19.0 Å². The third-order valence-corrected chi connectivity index (χ3v) is 3.94. The largest absolute Gasteiger partial charge is 0.375 e. The minimum Gasteiger partial charge on any atom is -0.375 e. The molecule has 1 aromatic heterocycles. The number of thiazole rings is 1. The summed E-state index contributed by atoms with van der Waals surface area (Å²) < 4.78 is 4.69. The van der Waals surface area contributed by atoms with E-state index in [9.17, 15) is 9.59 Å². The molecule has 1 heterocycles. The summed E-state index contributed by atoms with van der Waals surface area (Å²) in [5.74, 6) is -0.580.